The Morgan fingerprint density at radius 2 is 2.04 bits per heavy atom. The highest BCUT2D eigenvalue weighted by Gasteiger charge is 2.44. The summed E-state index contributed by atoms with van der Waals surface area (Å²) in [6, 6.07) is 13.9. The fourth-order valence-electron chi connectivity index (χ4n) is 3.34. The lowest BCUT2D eigenvalue weighted by Crippen LogP contribution is -2.38. The van der Waals surface area contributed by atoms with Crippen LogP contribution in [0.1, 0.15) is 38.2 Å². The first-order chi connectivity index (χ1) is 13.6. The summed E-state index contributed by atoms with van der Waals surface area (Å²) in [7, 11) is 0. The number of benzene rings is 1. The summed E-state index contributed by atoms with van der Waals surface area (Å²) < 4.78 is 2.89. The van der Waals surface area contributed by atoms with Crippen LogP contribution in [0.4, 0.5) is 0 Å². The van der Waals surface area contributed by atoms with E-state index in [9.17, 15) is 4.79 Å². The van der Waals surface area contributed by atoms with E-state index in [-0.39, 0.29) is 11.0 Å². The van der Waals surface area contributed by atoms with Crippen molar-refractivity contribution < 1.29 is 0 Å². The number of nitrogens with one attached hydrogen (secondary N) is 2. The molecular formula is C22H29BrN4O. The number of nitrogens with zero attached hydrogens (tertiary/aromatic N) is 2. The van der Waals surface area contributed by atoms with Gasteiger partial charge in [0.2, 0.25) is 5.56 Å². The molecule has 2 aromatic rings. The molecule has 0 saturated heterocycles. The maximum Gasteiger partial charge on any atom is 0.250 e. The minimum atomic E-state index is 0.0626. The van der Waals surface area contributed by atoms with Crippen molar-refractivity contribution in [3.05, 3.63) is 69.1 Å². The zero-order valence-corrected chi connectivity index (χ0v) is 18.0. The Morgan fingerprint density at radius 1 is 1.18 bits per heavy atom. The summed E-state index contributed by atoms with van der Waals surface area (Å²) in [5, 5.41) is 6.76. The fraction of sp³-hybridized carbons (Fsp3) is 0.455. The van der Waals surface area contributed by atoms with Crippen molar-refractivity contribution in [1.82, 2.24) is 15.2 Å². The molecule has 3 rings (SSSR count). The van der Waals surface area contributed by atoms with Crippen LogP contribution in [0.15, 0.2) is 62.9 Å². The zero-order valence-electron chi connectivity index (χ0n) is 16.5. The molecule has 0 spiro atoms. The van der Waals surface area contributed by atoms with Gasteiger partial charge in [0.05, 0.1) is 6.54 Å². The molecule has 28 heavy (non-hydrogen) atoms. The van der Waals surface area contributed by atoms with Crippen LogP contribution in [-0.4, -0.2) is 30.2 Å². The number of pyridine rings is 1. The molecule has 1 saturated carbocycles. The van der Waals surface area contributed by atoms with Gasteiger partial charge >= 0.3 is 0 Å². The molecule has 0 atom stereocenters. The maximum absolute atomic E-state index is 11.7. The number of aliphatic imine (C=N–C) groups is 1. The molecule has 0 bridgehead atoms. The van der Waals surface area contributed by atoms with Crippen LogP contribution in [-0.2, 0) is 12.0 Å². The lowest BCUT2D eigenvalue weighted by Gasteiger charge is -2.16. The second kappa shape index (κ2) is 9.92. The highest BCUT2D eigenvalue weighted by molar-refractivity contribution is 9.10. The van der Waals surface area contributed by atoms with Crippen LogP contribution in [0.2, 0.25) is 0 Å². The highest BCUT2D eigenvalue weighted by Crippen LogP contribution is 2.48. The van der Waals surface area contributed by atoms with Crippen molar-refractivity contribution in [1.29, 1.82) is 0 Å². The molecule has 1 aromatic heterocycles. The molecular weight excluding hydrogens is 416 g/mol. The molecule has 0 unspecified atom stereocenters. The van der Waals surface area contributed by atoms with Crippen LogP contribution in [0, 0.1) is 0 Å². The van der Waals surface area contributed by atoms with Crippen molar-refractivity contribution in [2.24, 2.45) is 4.99 Å². The van der Waals surface area contributed by atoms with E-state index in [1.54, 1.807) is 16.7 Å². The average Bonchev–Trinajstić information content (AvgIpc) is 3.48. The molecule has 6 heteroatoms. The molecule has 0 amide bonds. The summed E-state index contributed by atoms with van der Waals surface area (Å²) in [6.45, 7) is 5.33. The number of halogens is 1. The first-order valence-electron chi connectivity index (χ1n) is 10.1. The molecule has 1 aliphatic carbocycles. The zero-order chi connectivity index (χ0) is 19.8. The lowest BCUT2D eigenvalue weighted by molar-refractivity contribution is 0.585. The van der Waals surface area contributed by atoms with Crippen molar-refractivity contribution in [2.45, 2.75) is 44.6 Å². The molecule has 1 aliphatic rings. The first-order valence-corrected chi connectivity index (χ1v) is 10.9. The predicted molar refractivity (Wildman–Crippen MR) is 119 cm³/mol. The van der Waals surface area contributed by atoms with Gasteiger partial charge in [-0.15, -0.1) is 0 Å². The SMILES string of the molecule is CCNC(=NCC1(c2cccc(Br)c2)CC1)NCCCCn1ccccc1=O. The molecule has 1 heterocycles. The van der Waals surface area contributed by atoms with Gasteiger partial charge in [-0.25, -0.2) is 0 Å². The van der Waals surface area contributed by atoms with Crippen molar-refractivity contribution >= 4 is 21.9 Å². The number of hydrogen-bond acceptors (Lipinski definition) is 2. The monoisotopic (exact) mass is 444 g/mol. The van der Waals surface area contributed by atoms with E-state index < -0.39 is 0 Å². The van der Waals surface area contributed by atoms with Gasteiger partial charge in [-0.2, -0.15) is 0 Å². The van der Waals surface area contributed by atoms with E-state index in [1.807, 2.05) is 12.3 Å². The van der Waals surface area contributed by atoms with E-state index in [2.05, 4.69) is 57.8 Å². The van der Waals surface area contributed by atoms with Crippen molar-refractivity contribution in [3.63, 3.8) is 0 Å². The Bertz CT molecular complexity index is 857. The van der Waals surface area contributed by atoms with Gasteiger partial charge < -0.3 is 15.2 Å². The maximum atomic E-state index is 11.7. The van der Waals surface area contributed by atoms with E-state index in [0.29, 0.717) is 0 Å². The molecule has 1 aromatic carbocycles. The molecule has 0 radical (unpaired) electrons. The van der Waals surface area contributed by atoms with Gasteiger partial charge in [0, 0.05) is 41.8 Å². The number of unbranched alkanes of at least 4 members (excludes halogenated alkanes) is 1. The van der Waals surface area contributed by atoms with Crippen molar-refractivity contribution in [2.75, 3.05) is 19.6 Å². The van der Waals surface area contributed by atoms with Gasteiger partial charge in [-0.05, 0) is 56.4 Å². The first kappa shape index (κ1) is 20.6. The predicted octanol–water partition coefficient (Wildman–Crippen LogP) is 3.68. The second-order valence-corrected chi connectivity index (χ2v) is 8.27. The molecule has 0 aliphatic heterocycles. The summed E-state index contributed by atoms with van der Waals surface area (Å²) in [4.78, 5) is 16.6. The summed E-state index contributed by atoms with van der Waals surface area (Å²) in [6.07, 6.45) is 6.18. The highest BCUT2D eigenvalue weighted by atomic mass is 79.9. The summed E-state index contributed by atoms with van der Waals surface area (Å²) in [5.74, 6) is 0.876. The van der Waals surface area contributed by atoms with E-state index in [1.165, 1.54) is 18.4 Å². The summed E-state index contributed by atoms with van der Waals surface area (Å²) >= 11 is 3.58. The number of guanidine groups is 1. The number of hydrogen-bond donors (Lipinski definition) is 2. The van der Waals surface area contributed by atoms with Crippen LogP contribution in [0.25, 0.3) is 0 Å². The third-order valence-corrected chi connectivity index (χ3v) is 5.69. The number of aryl methyl sites for hydroxylation is 1. The molecule has 1 fully saturated rings. The fourth-order valence-corrected chi connectivity index (χ4v) is 3.74. The van der Waals surface area contributed by atoms with Crippen LogP contribution >= 0.6 is 15.9 Å². The topological polar surface area (TPSA) is 58.4 Å². The smallest absolute Gasteiger partial charge is 0.250 e. The third-order valence-electron chi connectivity index (χ3n) is 5.19. The van der Waals surface area contributed by atoms with Gasteiger partial charge in [0.1, 0.15) is 0 Å². The van der Waals surface area contributed by atoms with Gasteiger partial charge in [-0.3, -0.25) is 9.79 Å². The quantitative estimate of drug-likeness (QED) is 0.352. The van der Waals surface area contributed by atoms with E-state index in [0.717, 1.165) is 49.5 Å². The van der Waals surface area contributed by atoms with Crippen LogP contribution in [0.3, 0.4) is 0 Å². The minimum Gasteiger partial charge on any atom is -0.357 e. The normalized spacial score (nSPS) is 15.3. The largest absolute Gasteiger partial charge is 0.357 e. The lowest BCUT2D eigenvalue weighted by atomic mass is 9.96. The number of rotatable bonds is 9. The van der Waals surface area contributed by atoms with Crippen LogP contribution < -0.4 is 16.2 Å². The average molecular weight is 445 g/mol. The number of aromatic nitrogens is 1. The van der Waals surface area contributed by atoms with Gasteiger partial charge in [0.25, 0.3) is 0 Å². The summed E-state index contributed by atoms with van der Waals surface area (Å²) in [5.41, 5.74) is 1.63. The Morgan fingerprint density at radius 3 is 2.75 bits per heavy atom. The van der Waals surface area contributed by atoms with E-state index in [4.69, 9.17) is 4.99 Å². The Balaban J connectivity index is 1.48. The second-order valence-electron chi connectivity index (χ2n) is 7.35. The molecule has 2 N–H and O–H groups in total. The van der Waals surface area contributed by atoms with Gasteiger partial charge in [-0.1, -0.05) is 34.1 Å². The Labute approximate surface area is 175 Å². The Kier molecular flexibility index (Phi) is 7.31. The van der Waals surface area contributed by atoms with Crippen molar-refractivity contribution in [3.8, 4) is 0 Å². The molecule has 5 nitrogen and oxygen atoms in total. The molecule has 150 valence electrons. The minimum absolute atomic E-state index is 0.0626. The Hall–Kier alpha value is -2.08. The standard InChI is InChI=1S/C22H29BrN4O/c1-2-24-21(25-13-4-6-15-27-14-5-3-10-20(27)28)26-17-22(11-12-22)18-8-7-9-19(23)16-18/h3,5,7-10,14,16H,2,4,6,11-13,15,17H2,1H3,(H2,24,25,26). The van der Waals surface area contributed by atoms with E-state index >= 15 is 0 Å². The van der Waals surface area contributed by atoms with Gasteiger partial charge in [0.15, 0.2) is 5.96 Å². The van der Waals surface area contributed by atoms with Crippen LogP contribution in [0.5, 0.6) is 0 Å². The third kappa shape index (κ3) is 5.71.